The van der Waals surface area contributed by atoms with Crippen LogP contribution in [0.1, 0.15) is 10.4 Å². The highest BCUT2D eigenvalue weighted by molar-refractivity contribution is 6.33. The van der Waals surface area contributed by atoms with Crippen molar-refractivity contribution in [2.75, 3.05) is 11.1 Å². The molecule has 0 atom stereocenters. The molecule has 1 heterocycles. The third kappa shape index (κ3) is 2.57. The summed E-state index contributed by atoms with van der Waals surface area (Å²) < 4.78 is 13.0. The minimum absolute atomic E-state index is 0.0882. The van der Waals surface area contributed by atoms with Gasteiger partial charge in [0, 0.05) is 11.8 Å². The second-order valence-electron chi connectivity index (χ2n) is 3.52. The summed E-state index contributed by atoms with van der Waals surface area (Å²) in [5.74, 6) is -0.781. The summed E-state index contributed by atoms with van der Waals surface area (Å²) in [7, 11) is 0. The number of pyridine rings is 1. The molecule has 1 aromatic heterocycles. The molecule has 0 unspecified atom stereocenters. The molecule has 1 aromatic carbocycles. The van der Waals surface area contributed by atoms with Crippen LogP contribution in [-0.4, -0.2) is 10.9 Å². The van der Waals surface area contributed by atoms with Crippen LogP contribution in [0, 0.1) is 5.82 Å². The van der Waals surface area contributed by atoms with Crippen molar-refractivity contribution in [1.29, 1.82) is 0 Å². The molecule has 3 N–H and O–H groups in total. The highest BCUT2D eigenvalue weighted by Gasteiger charge is 2.10. The Kier molecular flexibility index (Phi) is 3.43. The van der Waals surface area contributed by atoms with E-state index in [1.54, 1.807) is 12.1 Å². The van der Waals surface area contributed by atoms with Gasteiger partial charge in [-0.15, -0.1) is 0 Å². The summed E-state index contributed by atoms with van der Waals surface area (Å²) in [6.07, 6.45) is 1.50. The first-order chi connectivity index (χ1) is 8.58. The maximum Gasteiger partial charge on any atom is 0.256 e. The molecule has 4 nitrogen and oxygen atoms in total. The lowest BCUT2D eigenvalue weighted by Crippen LogP contribution is -2.13. The molecule has 0 spiro atoms. The quantitative estimate of drug-likeness (QED) is 0.821. The summed E-state index contributed by atoms with van der Waals surface area (Å²) in [5, 5.41) is 2.83. The van der Waals surface area contributed by atoms with E-state index in [1.807, 2.05) is 0 Å². The molecule has 1 amide bonds. The van der Waals surface area contributed by atoms with Crippen molar-refractivity contribution < 1.29 is 9.18 Å². The van der Waals surface area contributed by atoms with Crippen LogP contribution in [0.4, 0.5) is 15.9 Å². The number of carbonyl (C=O) groups excluding carboxylic acids is 1. The van der Waals surface area contributed by atoms with Crippen LogP contribution in [0.3, 0.4) is 0 Å². The van der Waals surface area contributed by atoms with Crippen molar-refractivity contribution in [2.24, 2.45) is 0 Å². The van der Waals surface area contributed by atoms with Crippen molar-refractivity contribution in [3.8, 4) is 0 Å². The fourth-order valence-corrected chi connectivity index (χ4v) is 1.51. The Morgan fingerprint density at radius 3 is 2.83 bits per heavy atom. The van der Waals surface area contributed by atoms with Gasteiger partial charge in [0.1, 0.15) is 5.82 Å². The first-order valence-corrected chi connectivity index (χ1v) is 5.42. The molecular formula is C12H9ClFN3O. The molecule has 18 heavy (non-hydrogen) atoms. The predicted molar refractivity (Wildman–Crippen MR) is 68.0 cm³/mol. The third-order valence-corrected chi connectivity index (χ3v) is 2.55. The number of hydrogen-bond donors (Lipinski definition) is 2. The zero-order valence-electron chi connectivity index (χ0n) is 9.15. The number of nitrogens with zero attached hydrogens (tertiary/aromatic N) is 1. The minimum Gasteiger partial charge on any atom is -0.396 e. The maximum absolute atomic E-state index is 13.0. The van der Waals surface area contributed by atoms with Crippen LogP contribution >= 0.6 is 11.6 Å². The van der Waals surface area contributed by atoms with Crippen LogP contribution in [0.15, 0.2) is 36.5 Å². The Morgan fingerprint density at radius 2 is 2.17 bits per heavy atom. The molecule has 0 radical (unpaired) electrons. The normalized spacial score (nSPS) is 10.1. The van der Waals surface area contributed by atoms with Gasteiger partial charge in [0.2, 0.25) is 0 Å². The van der Waals surface area contributed by atoms with Gasteiger partial charge in [0.15, 0.2) is 5.82 Å². The lowest BCUT2D eigenvalue weighted by molar-refractivity contribution is 0.102. The standard InChI is InChI=1S/C12H9ClFN3O/c13-8-2-1-5-16-11(8)17-12(18)7-3-4-9(14)10(15)6-7/h1-6H,15H2,(H,16,17,18). The molecule has 92 valence electrons. The van der Waals surface area contributed by atoms with E-state index in [2.05, 4.69) is 10.3 Å². The molecule has 0 fully saturated rings. The molecule has 2 aromatic rings. The molecule has 0 aliphatic rings. The van der Waals surface area contributed by atoms with Crippen molar-refractivity contribution in [3.63, 3.8) is 0 Å². The van der Waals surface area contributed by atoms with Gasteiger partial charge in [0.25, 0.3) is 5.91 Å². The Balaban J connectivity index is 2.22. The third-order valence-electron chi connectivity index (χ3n) is 2.25. The smallest absolute Gasteiger partial charge is 0.256 e. The van der Waals surface area contributed by atoms with Gasteiger partial charge in [0.05, 0.1) is 10.7 Å². The van der Waals surface area contributed by atoms with Crippen molar-refractivity contribution in [3.05, 3.63) is 52.9 Å². The fraction of sp³-hybridized carbons (Fsp3) is 0. The zero-order chi connectivity index (χ0) is 13.1. The van der Waals surface area contributed by atoms with Crippen molar-refractivity contribution in [1.82, 2.24) is 4.98 Å². The summed E-state index contributed by atoms with van der Waals surface area (Å²) in [5.41, 5.74) is 5.53. The number of nitrogens with two attached hydrogens (primary N) is 1. The number of carbonyl (C=O) groups is 1. The lowest BCUT2D eigenvalue weighted by Gasteiger charge is -2.06. The summed E-state index contributed by atoms with van der Waals surface area (Å²) in [4.78, 5) is 15.8. The molecule has 0 saturated carbocycles. The number of nitrogen functional groups attached to an aromatic ring is 1. The predicted octanol–water partition coefficient (Wildman–Crippen LogP) is 2.71. The average Bonchev–Trinajstić information content (AvgIpc) is 2.35. The monoisotopic (exact) mass is 265 g/mol. The molecule has 0 aliphatic heterocycles. The number of halogens is 2. The average molecular weight is 266 g/mol. The van der Waals surface area contributed by atoms with E-state index in [0.29, 0.717) is 5.02 Å². The molecular weight excluding hydrogens is 257 g/mol. The lowest BCUT2D eigenvalue weighted by atomic mass is 10.2. The van der Waals surface area contributed by atoms with Crippen LogP contribution in [0.2, 0.25) is 5.02 Å². The minimum atomic E-state index is -0.567. The topological polar surface area (TPSA) is 68.0 Å². The summed E-state index contributed by atoms with van der Waals surface area (Å²) in [6.45, 7) is 0. The Hall–Kier alpha value is -2.14. The van der Waals surface area contributed by atoms with Crippen LogP contribution < -0.4 is 11.1 Å². The number of rotatable bonds is 2. The maximum atomic E-state index is 13.0. The molecule has 0 saturated heterocycles. The second-order valence-corrected chi connectivity index (χ2v) is 3.93. The number of amides is 1. The second kappa shape index (κ2) is 5.01. The van der Waals surface area contributed by atoms with Gasteiger partial charge in [-0.3, -0.25) is 4.79 Å². The van der Waals surface area contributed by atoms with E-state index in [1.165, 1.54) is 18.3 Å². The Morgan fingerprint density at radius 1 is 1.39 bits per heavy atom. The molecule has 0 bridgehead atoms. The van der Waals surface area contributed by atoms with Crippen LogP contribution in [0.25, 0.3) is 0 Å². The summed E-state index contributed by atoms with van der Waals surface area (Å²) in [6, 6.07) is 6.96. The number of aromatic nitrogens is 1. The van der Waals surface area contributed by atoms with E-state index in [9.17, 15) is 9.18 Å². The van der Waals surface area contributed by atoms with Crippen molar-refractivity contribution >= 4 is 29.0 Å². The van der Waals surface area contributed by atoms with E-state index in [4.69, 9.17) is 17.3 Å². The van der Waals surface area contributed by atoms with Crippen molar-refractivity contribution in [2.45, 2.75) is 0 Å². The van der Waals surface area contributed by atoms with E-state index in [-0.39, 0.29) is 17.1 Å². The number of hydrogen-bond acceptors (Lipinski definition) is 3. The molecule has 0 aliphatic carbocycles. The Labute approximate surface area is 108 Å². The van der Waals surface area contributed by atoms with Gasteiger partial charge in [-0.2, -0.15) is 0 Å². The van der Waals surface area contributed by atoms with E-state index in [0.717, 1.165) is 6.07 Å². The number of benzene rings is 1. The SMILES string of the molecule is Nc1cc(C(=O)Nc2ncccc2Cl)ccc1F. The Bertz CT molecular complexity index is 604. The van der Waals surface area contributed by atoms with Gasteiger partial charge in [-0.05, 0) is 30.3 Å². The fourth-order valence-electron chi connectivity index (χ4n) is 1.34. The zero-order valence-corrected chi connectivity index (χ0v) is 9.91. The van der Waals surface area contributed by atoms with Gasteiger partial charge >= 0.3 is 0 Å². The molecule has 6 heteroatoms. The first-order valence-electron chi connectivity index (χ1n) is 5.05. The largest absolute Gasteiger partial charge is 0.396 e. The highest BCUT2D eigenvalue weighted by atomic mass is 35.5. The van der Waals surface area contributed by atoms with E-state index < -0.39 is 11.7 Å². The summed E-state index contributed by atoms with van der Waals surface area (Å²) >= 11 is 5.85. The van der Waals surface area contributed by atoms with Crippen LogP contribution in [0.5, 0.6) is 0 Å². The van der Waals surface area contributed by atoms with Gasteiger partial charge in [-0.1, -0.05) is 11.6 Å². The van der Waals surface area contributed by atoms with Gasteiger partial charge in [-0.25, -0.2) is 9.37 Å². The number of nitrogens with one attached hydrogen (secondary N) is 1. The van der Waals surface area contributed by atoms with E-state index >= 15 is 0 Å². The van der Waals surface area contributed by atoms with Gasteiger partial charge < -0.3 is 11.1 Å². The molecule has 2 rings (SSSR count). The first kappa shape index (κ1) is 12.3. The number of anilines is 2. The van der Waals surface area contributed by atoms with Crippen LogP contribution in [-0.2, 0) is 0 Å². The highest BCUT2D eigenvalue weighted by Crippen LogP contribution is 2.19.